The van der Waals surface area contributed by atoms with Gasteiger partial charge in [-0.15, -0.1) is 0 Å². The van der Waals surface area contributed by atoms with Crippen molar-refractivity contribution in [3.8, 4) is 0 Å². The Kier molecular flexibility index (Phi) is 7.42. The Morgan fingerprint density at radius 1 is 1.17 bits per heavy atom. The number of methoxy groups -OCH3 is 1. The first-order valence-electron chi connectivity index (χ1n) is 7.92. The smallest absolute Gasteiger partial charge is 0.313 e. The van der Waals surface area contributed by atoms with Crippen LogP contribution >= 0.6 is 0 Å². The van der Waals surface area contributed by atoms with E-state index >= 15 is 0 Å². The van der Waals surface area contributed by atoms with Crippen LogP contribution in [0.25, 0.3) is 0 Å². The normalized spacial score (nSPS) is 12.2. The first-order chi connectivity index (χ1) is 11.3. The summed E-state index contributed by atoms with van der Waals surface area (Å²) in [5.41, 5.74) is -0.495. The largest absolute Gasteiger partial charge is 0.469 e. The molecule has 0 saturated carbocycles. The number of carbonyl (C=O) groups excluding carboxylic acids is 3. The summed E-state index contributed by atoms with van der Waals surface area (Å²) in [6.07, 6.45) is 0.382. The van der Waals surface area contributed by atoms with E-state index < -0.39 is 17.4 Å². The van der Waals surface area contributed by atoms with Crippen molar-refractivity contribution in [3.63, 3.8) is 0 Å². The van der Waals surface area contributed by atoms with Gasteiger partial charge < -0.3 is 14.8 Å². The summed E-state index contributed by atoms with van der Waals surface area (Å²) >= 11 is 0. The lowest BCUT2D eigenvalue weighted by molar-refractivity contribution is -0.153. The van der Waals surface area contributed by atoms with Crippen molar-refractivity contribution in [3.05, 3.63) is 35.9 Å². The summed E-state index contributed by atoms with van der Waals surface area (Å²) in [7, 11) is 1.30. The van der Waals surface area contributed by atoms with E-state index in [1.54, 1.807) is 45.0 Å². The van der Waals surface area contributed by atoms with Gasteiger partial charge in [0.15, 0.2) is 0 Å². The van der Waals surface area contributed by atoms with Gasteiger partial charge in [-0.3, -0.25) is 14.4 Å². The Balaban J connectivity index is 2.90. The van der Waals surface area contributed by atoms with Crippen molar-refractivity contribution in [1.82, 2.24) is 5.32 Å². The lowest BCUT2D eigenvalue weighted by atomic mass is 9.81. The van der Waals surface area contributed by atoms with E-state index in [1.807, 2.05) is 6.07 Å². The van der Waals surface area contributed by atoms with E-state index in [1.165, 1.54) is 7.11 Å². The maximum Gasteiger partial charge on any atom is 0.313 e. The van der Waals surface area contributed by atoms with Crippen LogP contribution in [0.4, 0.5) is 0 Å². The van der Waals surface area contributed by atoms with Gasteiger partial charge in [0.25, 0.3) is 5.91 Å². The number of hydrogen-bond acceptors (Lipinski definition) is 5. The van der Waals surface area contributed by atoms with Crippen molar-refractivity contribution in [2.75, 3.05) is 13.7 Å². The predicted molar refractivity (Wildman–Crippen MR) is 89.4 cm³/mol. The average Bonchev–Trinajstić information content (AvgIpc) is 2.58. The molecule has 0 aliphatic heterocycles. The number of nitrogens with one attached hydrogen (secondary N) is 1. The zero-order valence-electron chi connectivity index (χ0n) is 14.6. The molecule has 0 spiro atoms. The molecule has 0 aromatic heterocycles. The number of amides is 1. The van der Waals surface area contributed by atoms with Gasteiger partial charge in [-0.25, -0.2) is 0 Å². The summed E-state index contributed by atoms with van der Waals surface area (Å²) in [5.74, 6) is -1.12. The van der Waals surface area contributed by atoms with E-state index in [2.05, 4.69) is 5.32 Å². The second-order valence-corrected chi connectivity index (χ2v) is 5.95. The van der Waals surface area contributed by atoms with Gasteiger partial charge in [0.05, 0.1) is 19.1 Å². The van der Waals surface area contributed by atoms with Crippen LogP contribution in [-0.4, -0.2) is 37.6 Å². The van der Waals surface area contributed by atoms with Crippen LogP contribution < -0.4 is 5.32 Å². The molecule has 24 heavy (non-hydrogen) atoms. The summed E-state index contributed by atoms with van der Waals surface area (Å²) < 4.78 is 9.74. The third-order valence-electron chi connectivity index (χ3n) is 3.87. The van der Waals surface area contributed by atoms with Crippen molar-refractivity contribution < 1.29 is 23.9 Å². The molecule has 0 aliphatic rings. The third-order valence-corrected chi connectivity index (χ3v) is 3.87. The molecule has 6 nitrogen and oxygen atoms in total. The van der Waals surface area contributed by atoms with Crippen LogP contribution in [0.1, 0.15) is 44.0 Å². The van der Waals surface area contributed by atoms with E-state index in [9.17, 15) is 14.4 Å². The molecule has 0 bridgehead atoms. The van der Waals surface area contributed by atoms with Crippen LogP contribution in [-0.2, 0) is 19.1 Å². The van der Waals surface area contributed by atoms with Crippen LogP contribution in [0, 0.1) is 5.41 Å². The quantitative estimate of drug-likeness (QED) is 0.737. The third kappa shape index (κ3) is 5.37. The number of esters is 2. The molecule has 0 saturated heterocycles. The maximum absolute atomic E-state index is 12.4. The van der Waals surface area contributed by atoms with Crippen molar-refractivity contribution in [1.29, 1.82) is 0 Å². The molecular weight excluding hydrogens is 310 g/mol. The van der Waals surface area contributed by atoms with E-state index in [0.29, 0.717) is 12.2 Å². The van der Waals surface area contributed by atoms with Crippen LogP contribution in [0.5, 0.6) is 0 Å². The Labute approximate surface area is 142 Å². The van der Waals surface area contributed by atoms with Gasteiger partial charge in [0.1, 0.15) is 0 Å². The first-order valence-corrected chi connectivity index (χ1v) is 7.92. The molecule has 0 radical (unpaired) electrons. The van der Waals surface area contributed by atoms with Crippen LogP contribution in [0.3, 0.4) is 0 Å². The number of benzene rings is 1. The van der Waals surface area contributed by atoms with Gasteiger partial charge in [-0.1, -0.05) is 18.2 Å². The van der Waals surface area contributed by atoms with Gasteiger partial charge in [0.2, 0.25) is 0 Å². The Hall–Kier alpha value is -2.37. The van der Waals surface area contributed by atoms with Crippen LogP contribution in [0.15, 0.2) is 30.3 Å². The highest BCUT2D eigenvalue weighted by Gasteiger charge is 2.39. The molecule has 0 aliphatic carbocycles. The van der Waals surface area contributed by atoms with Gasteiger partial charge in [-0.2, -0.15) is 0 Å². The van der Waals surface area contributed by atoms with E-state index in [-0.39, 0.29) is 24.7 Å². The standard InChI is InChI=1S/C18H25NO5/c1-5-24-15(20)12-11-14(18(2,3)17(22)23-4)19-16(21)13-9-7-6-8-10-13/h6-10,14H,5,11-12H2,1-4H3,(H,19,21). The summed E-state index contributed by atoms with van der Waals surface area (Å²) in [6, 6.07) is 8.13. The van der Waals surface area contributed by atoms with Crippen molar-refractivity contribution >= 4 is 17.8 Å². The predicted octanol–water partition coefficient (Wildman–Crippen LogP) is 2.33. The first kappa shape index (κ1) is 19.7. The number of hydrogen-bond donors (Lipinski definition) is 1. The minimum absolute atomic E-state index is 0.105. The molecule has 0 heterocycles. The summed E-state index contributed by atoms with van der Waals surface area (Å²) in [6.45, 7) is 5.38. The molecule has 1 aromatic rings. The Bertz CT molecular complexity index is 568. The fourth-order valence-electron chi connectivity index (χ4n) is 2.35. The lowest BCUT2D eigenvalue weighted by Crippen LogP contribution is -2.49. The minimum Gasteiger partial charge on any atom is -0.469 e. The number of rotatable bonds is 8. The Morgan fingerprint density at radius 2 is 1.79 bits per heavy atom. The van der Waals surface area contributed by atoms with Crippen LogP contribution in [0.2, 0.25) is 0 Å². The second-order valence-electron chi connectivity index (χ2n) is 5.95. The van der Waals surface area contributed by atoms with Gasteiger partial charge in [0, 0.05) is 18.0 Å². The fraction of sp³-hybridized carbons (Fsp3) is 0.500. The topological polar surface area (TPSA) is 81.7 Å². The average molecular weight is 335 g/mol. The fourth-order valence-corrected chi connectivity index (χ4v) is 2.35. The number of ether oxygens (including phenoxy) is 2. The molecular formula is C18H25NO5. The maximum atomic E-state index is 12.4. The minimum atomic E-state index is -0.980. The lowest BCUT2D eigenvalue weighted by Gasteiger charge is -2.32. The molecule has 6 heteroatoms. The summed E-state index contributed by atoms with van der Waals surface area (Å²) in [5, 5.41) is 2.84. The monoisotopic (exact) mass is 335 g/mol. The highest BCUT2D eigenvalue weighted by molar-refractivity contribution is 5.94. The highest BCUT2D eigenvalue weighted by Crippen LogP contribution is 2.26. The molecule has 1 atom stereocenters. The molecule has 1 amide bonds. The molecule has 1 rings (SSSR count). The highest BCUT2D eigenvalue weighted by atomic mass is 16.5. The van der Waals surface area contributed by atoms with Crippen molar-refractivity contribution in [2.24, 2.45) is 5.41 Å². The van der Waals surface area contributed by atoms with Gasteiger partial charge >= 0.3 is 11.9 Å². The second kappa shape index (κ2) is 9.05. The van der Waals surface area contributed by atoms with Crippen molar-refractivity contribution in [2.45, 2.75) is 39.7 Å². The zero-order valence-corrected chi connectivity index (χ0v) is 14.6. The molecule has 1 N–H and O–H groups in total. The Morgan fingerprint density at radius 3 is 2.33 bits per heavy atom. The van der Waals surface area contributed by atoms with E-state index in [0.717, 1.165) is 0 Å². The number of carbonyl (C=O) groups is 3. The zero-order chi connectivity index (χ0) is 18.2. The van der Waals surface area contributed by atoms with E-state index in [4.69, 9.17) is 9.47 Å². The van der Waals surface area contributed by atoms with Gasteiger partial charge in [-0.05, 0) is 39.3 Å². The SMILES string of the molecule is CCOC(=O)CCC(NC(=O)c1ccccc1)C(C)(C)C(=O)OC. The molecule has 1 aromatic carbocycles. The summed E-state index contributed by atoms with van der Waals surface area (Å²) in [4.78, 5) is 36.1. The molecule has 1 unspecified atom stereocenters. The molecule has 132 valence electrons. The molecule has 0 fully saturated rings.